The van der Waals surface area contributed by atoms with Crippen molar-refractivity contribution in [2.24, 2.45) is 11.1 Å². The molecule has 0 bridgehead atoms. The van der Waals surface area contributed by atoms with E-state index in [2.05, 4.69) is 9.88 Å². The molecule has 0 aromatic heterocycles. The first-order chi connectivity index (χ1) is 11.4. The largest absolute Gasteiger partial charge is 0.399 e. The summed E-state index contributed by atoms with van der Waals surface area (Å²) in [5, 5.41) is 3.84. The van der Waals surface area contributed by atoms with Crippen molar-refractivity contribution < 1.29 is 13.3 Å². The second-order valence-electron chi connectivity index (χ2n) is 5.79. The van der Waals surface area contributed by atoms with E-state index in [4.69, 9.17) is 10.6 Å². The Hall–Kier alpha value is -2.38. The maximum atomic E-state index is 12.8. The molecule has 126 valence electrons. The molecular formula is C17H19N3O3S. The van der Waals surface area contributed by atoms with Crippen LogP contribution in [0.2, 0.25) is 0 Å². The Kier molecular flexibility index (Phi) is 4.29. The average molecular weight is 345 g/mol. The van der Waals surface area contributed by atoms with E-state index < -0.39 is 16.3 Å². The Morgan fingerprint density at radius 3 is 2.58 bits per heavy atom. The molecule has 1 heterocycles. The van der Waals surface area contributed by atoms with Gasteiger partial charge < -0.3 is 10.6 Å². The zero-order chi connectivity index (χ0) is 17.3. The first-order valence-electron chi connectivity index (χ1n) is 7.56. The lowest BCUT2D eigenvalue weighted by Gasteiger charge is -2.17. The molecule has 2 aromatic rings. The zero-order valence-corrected chi connectivity index (χ0v) is 14.2. The minimum absolute atomic E-state index is 0.126. The highest BCUT2D eigenvalue weighted by molar-refractivity contribution is 7.89. The van der Waals surface area contributed by atoms with Crippen LogP contribution >= 0.6 is 0 Å². The molecule has 0 fully saturated rings. The lowest BCUT2D eigenvalue weighted by molar-refractivity contribution is 0.0576. The van der Waals surface area contributed by atoms with Gasteiger partial charge in [0.15, 0.2) is 6.23 Å². The van der Waals surface area contributed by atoms with Crippen LogP contribution in [0.5, 0.6) is 0 Å². The third-order valence-electron chi connectivity index (χ3n) is 4.07. The van der Waals surface area contributed by atoms with Gasteiger partial charge in [-0.3, -0.25) is 0 Å². The Labute approximate surface area is 141 Å². The Morgan fingerprint density at radius 2 is 1.92 bits per heavy atom. The SMILES string of the molecule is CC1=NOC(NS(=O)(=O)c2ccccc2-c2cccc(N)c2)C1C. The van der Waals surface area contributed by atoms with Crippen molar-refractivity contribution in [2.75, 3.05) is 5.73 Å². The molecule has 7 heteroatoms. The maximum absolute atomic E-state index is 12.8. The predicted octanol–water partition coefficient (Wildman–Crippen LogP) is 2.58. The van der Waals surface area contributed by atoms with Gasteiger partial charge >= 0.3 is 0 Å². The van der Waals surface area contributed by atoms with Gasteiger partial charge in [-0.25, -0.2) is 8.42 Å². The third-order valence-corrected chi connectivity index (χ3v) is 5.55. The van der Waals surface area contributed by atoms with Crippen LogP contribution < -0.4 is 10.5 Å². The number of nitrogens with zero attached hydrogens (tertiary/aromatic N) is 1. The van der Waals surface area contributed by atoms with Crippen LogP contribution in [0, 0.1) is 5.92 Å². The van der Waals surface area contributed by atoms with Crippen molar-refractivity contribution in [3.05, 3.63) is 48.5 Å². The zero-order valence-electron chi connectivity index (χ0n) is 13.4. The van der Waals surface area contributed by atoms with Crippen molar-refractivity contribution >= 4 is 21.4 Å². The van der Waals surface area contributed by atoms with Gasteiger partial charge in [-0.2, -0.15) is 4.72 Å². The molecule has 0 radical (unpaired) electrons. The molecule has 6 nitrogen and oxygen atoms in total. The van der Waals surface area contributed by atoms with Gasteiger partial charge in [-0.05, 0) is 30.7 Å². The number of rotatable bonds is 4. The summed E-state index contributed by atoms with van der Waals surface area (Å²) in [6.07, 6.45) is -0.705. The number of nitrogens with two attached hydrogens (primary N) is 1. The van der Waals surface area contributed by atoms with Crippen LogP contribution in [0.3, 0.4) is 0 Å². The van der Waals surface area contributed by atoms with E-state index in [9.17, 15) is 8.42 Å². The van der Waals surface area contributed by atoms with Gasteiger partial charge in [-0.1, -0.05) is 42.4 Å². The summed E-state index contributed by atoms with van der Waals surface area (Å²) in [6, 6.07) is 13.9. The lowest BCUT2D eigenvalue weighted by Crippen LogP contribution is -2.39. The number of oxime groups is 1. The second-order valence-corrected chi connectivity index (χ2v) is 7.47. The second kappa shape index (κ2) is 6.26. The van der Waals surface area contributed by atoms with E-state index in [1.807, 2.05) is 13.0 Å². The number of benzene rings is 2. The topological polar surface area (TPSA) is 93.8 Å². The summed E-state index contributed by atoms with van der Waals surface area (Å²) in [4.78, 5) is 5.35. The molecule has 1 aliphatic rings. The summed E-state index contributed by atoms with van der Waals surface area (Å²) >= 11 is 0. The quantitative estimate of drug-likeness (QED) is 0.833. The van der Waals surface area contributed by atoms with Crippen LogP contribution in [0.4, 0.5) is 5.69 Å². The molecule has 2 aromatic carbocycles. The molecule has 3 N–H and O–H groups in total. The Bertz CT molecular complexity index is 893. The maximum Gasteiger partial charge on any atom is 0.244 e. The fourth-order valence-corrected chi connectivity index (χ4v) is 3.93. The van der Waals surface area contributed by atoms with Crippen molar-refractivity contribution in [1.82, 2.24) is 4.72 Å². The third kappa shape index (κ3) is 3.13. The van der Waals surface area contributed by atoms with E-state index in [1.54, 1.807) is 49.4 Å². The van der Waals surface area contributed by atoms with Crippen molar-refractivity contribution in [1.29, 1.82) is 0 Å². The smallest absolute Gasteiger partial charge is 0.244 e. The normalized spacial score (nSPS) is 20.5. The lowest BCUT2D eigenvalue weighted by atomic mass is 10.1. The van der Waals surface area contributed by atoms with Crippen molar-refractivity contribution in [3.8, 4) is 11.1 Å². The first kappa shape index (κ1) is 16.5. The van der Waals surface area contributed by atoms with Gasteiger partial charge in [0.2, 0.25) is 10.0 Å². The number of hydrogen-bond donors (Lipinski definition) is 2. The van der Waals surface area contributed by atoms with Gasteiger partial charge in [0.25, 0.3) is 0 Å². The molecule has 0 saturated carbocycles. The highest BCUT2D eigenvalue weighted by atomic mass is 32.2. The number of sulfonamides is 1. The summed E-state index contributed by atoms with van der Waals surface area (Å²) in [7, 11) is -3.78. The minimum atomic E-state index is -3.78. The van der Waals surface area contributed by atoms with E-state index in [-0.39, 0.29) is 10.8 Å². The van der Waals surface area contributed by atoms with Crippen LogP contribution in [-0.4, -0.2) is 20.4 Å². The molecule has 0 spiro atoms. The van der Waals surface area contributed by atoms with Gasteiger partial charge in [0, 0.05) is 11.3 Å². The van der Waals surface area contributed by atoms with E-state index in [0.29, 0.717) is 11.3 Å². The number of nitrogens with one attached hydrogen (secondary N) is 1. The number of nitrogen functional groups attached to an aromatic ring is 1. The minimum Gasteiger partial charge on any atom is -0.399 e. The van der Waals surface area contributed by atoms with Crippen molar-refractivity contribution in [2.45, 2.75) is 25.0 Å². The average Bonchev–Trinajstić information content (AvgIpc) is 2.86. The summed E-state index contributed by atoms with van der Waals surface area (Å²) < 4.78 is 28.3. The highest BCUT2D eigenvalue weighted by Gasteiger charge is 2.33. The fraction of sp³-hybridized carbons (Fsp3) is 0.235. The Morgan fingerprint density at radius 1 is 1.17 bits per heavy atom. The van der Waals surface area contributed by atoms with E-state index in [1.165, 1.54) is 0 Å². The Balaban J connectivity index is 1.97. The van der Waals surface area contributed by atoms with E-state index >= 15 is 0 Å². The molecule has 0 aliphatic carbocycles. The molecule has 2 atom stereocenters. The fourth-order valence-electron chi connectivity index (χ4n) is 2.52. The predicted molar refractivity (Wildman–Crippen MR) is 93.8 cm³/mol. The molecule has 1 aliphatic heterocycles. The van der Waals surface area contributed by atoms with Gasteiger partial charge in [0.05, 0.1) is 16.5 Å². The number of anilines is 1. The molecule has 24 heavy (non-hydrogen) atoms. The van der Waals surface area contributed by atoms with Crippen LogP contribution in [0.1, 0.15) is 13.8 Å². The number of hydrogen-bond acceptors (Lipinski definition) is 5. The molecule has 2 unspecified atom stereocenters. The summed E-state index contributed by atoms with van der Waals surface area (Å²) in [6.45, 7) is 3.67. The van der Waals surface area contributed by atoms with Crippen LogP contribution in [0.25, 0.3) is 11.1 Å². The molecule has 0 saturated heterocycles. The summed E-state index contributed by atoms with van der Waals surface area (Å²) in [5.74, 6) is -0.126. The van der Waals surface area contributed by atoms with Crippen molar-refractivity contribution in [3.63, 3.8) is 0 Å². The first-order valence-corrected chi connectivity index (χ1v) is 9.04. The highest BCUT2D eigenvalue weighted by Crippen LogP contribution is 2.29. The van der Waals surface area contributed by atoms with Gasteiger partial charge in [-0.15, -0.1) is 0 Å². The molecular weight excluding hydrogens is 326 g/mol. The molecule has 3 rings (SSSR count). The van der Waals surface area contributed by atoms with Crippen LogP contribution in [0.15, 0.2) is 58.6 Å². The standard InChI is InChI=1S/C17H19N3O3S/c1-11-12(2)19-23-17(11)20-24(21,22)16-9-4-3-8-15(16)13-6-5-7-14(18)10-13/h3-11,17,20H,18H2,1-2H3. The van der Waals surface area contributed by atoms with E-state index in [0.717, 1.165) is 11.3 Å². The molecule has 0 amide bonds. The summed E-state index contributed by atoms with van der Waals surface area (Å²) in [5.41, 5.74) is 8.47. The monoisotopic (exact) mass is 345 g/mol. The van der Waals surface area contributed by atoms with Gasteiger partial charge in [0.1, 0.15) is 0 Å². The van der Waals surface area contributed by atoms with Crippen LogP contribution in [-0.2, 0) is 14.9 Å².